The number of benzene rings is 1. The van der Waals surface area contributed by atoms with Crippen molar-refractivity contribution in [3.05, 3.63) is 65.6 Å². The molecule has 0 saturated carbocycles. The van der Waals surface area contributed by atoms with Gasteiger partial charge in [0.15, 0.2) is 11.5 Å². The Morgan fingerprint density at radius 1 is 1.22 bits per heavy atom. The number of carbonyl (C=O) groups excluding carboxylic acids is 1. The first kappa shape index (κ1) is 24.5. The van der Waals surface area contributed by atoms with E-state index < -0.39 is 5.82 Å². The van der Waals surface area contributed by atoms with Crippen LogP contribution in [0.2, 0.25) is 0 Å². The molecule has 0 spiro atoms. The van der Waals surface area contributed by atoms with Crippen LogP contribution in [0.25, 0.3) is 11.3 Å². The lowest BCUT2D eigenvalue weighted by molar-refractivity contribution is 0.0945. The smallest absolute Gasteiger partial charge is 0.273 e. The highest BCUT2D eigenvalue weighted by molar-refractivity contribution is 5.91. The maximum atomic E-state index is 14.7. The van der Waals surface area contributed by atoms with E-state index in [-0.39, 0.29) is 28.8 Å². The summed E-state index contributed by atoms with van der Waals surface area (Å²) in [5.41, 5.74) is 3.30. The molecular formula is C25H29FN10O. The number of amides is 1. The van der Waals surface area contributed by atoms with Crippen molar-refractivity contribution in [3.8, 4) is 11.3 Å². The number of nitrogens with zero attached hydrogens (tertiary/aromatic N) is 7. The quantitative estimate of drug-likeness (QED) is 0.351. The number of nitrogens with one attached hydrogen (secondary N) is 3. The third kappa shape index (κ3) is 5.33. The largest absolute Gasteiger partial charge is 0.347 e. The number of carbonyl (C=O) groups is 1. The second-order valence-corrected chi connectivity index (χ2v) is 10.1. The summed E-state index contributed by atoms with van der Waals surface area (Å²) in [5, 5.41) is 21.5. The fourth-order valence-electron chi connectivity index (χ4n) is 3.82. The van der Waals surface area contributed by atoms with Crippen molar-refractivity contribution >= 4 is 17.5 Å². The fraction of sp³-hybridized carbons (Fsp3) is 0.360. The first-order valence-corrected chi connectivity index (χ1v) is 12.0. The summed E-state index contributed by atoms with van der Waals surface area (Å²) < 4.78 is 18.2. The van der Waals surface area contributed by atoms with Crippen molar-refractivity contribution in [2.45, 2.75) is 45.8 Å². The summed E-state index contributed by atoms with van der Waals surface area (Å²) in [6, 6.07) is 5.81. The van der Waals surface area contributed by atoms with Crippen LogP contribution in [0.1, 0.15) is 48.4 Å². The number of hydrogen-bond acceptors (Lipinski definition) is 8. The highest BCUT2D eigenvalue weighted by atomic mass is 19.1. The number of aryl methyl sites for hydroxylation is 1. The molecule has 4 heterocycles. The zero-order valence-corrected chi connectivity index (χ0v) is 21.2. The Balaban J connectivity index is 1.27. The Hall–Kier alpha value is -4.19. The predicted molar refractivity (Wildman–Crippen MR) is 136 cm³/mol. The average molecular weight is 505 g/mol. The molecule has 0 bridgehead atoms. The van der Waals surface area contributed by atoms with Crippen molar-refractivity contribution in [2.75, 3.05) is 18.4 Å². The van der Waals surface area contributed by atoms with Crippen LogP contribution in [0.5, 0.6) is 0 Å². The lowest BCUT2D eigenvalue weighted by Gasteiger charge is -2.27. The van der Waals surface area contributed by atoms with Gasteiger partial charge in [0.05, 0.1) is 35.9 Å². The van der Waals surface area contributed by atoms with Gasteiger partial charge in [0, 0.05) is 31.4 Å². The van der Waals surface area contributed by atoms with E-state index in [0.717, 1.165) is 36.1 Å². The van der Waals surface area contributed by atoms with E-state index in [1.807, 2.05) is 50.7 Å². The molecule has 11 nitrogen and oxygen atoms in total. The summed E-state index contributed by atoms with van der Waals surface area (Å²) in [6.07, 6.45) is 6.36. The monoisotopic (exact) mass is 504 g/mol. The Kier molecular flexibility index (Phi) is 6.42. The molecule has 3 aromatic heterocycles. The van der Waals surface area contributed by atoms with E-state index >= 15 is 0 Å². The van der Waals surface area contributed by atoms with Crippen LogP contribution < -0.4 is 16.0 Å². The second kappa shape index (κ2) is 9.69. The molecule has 5 rings (SSSR count). The minimum atomic E-state index is -0.524. The van der Waals surface area contributed by atoms with Crippen molar-refractivity contribution in [1.29, 1.82) is 0 Å². The van der Waals surface area contributed by atoms with Crippen LogP contribution in [0, 0.1) is 12.7 Å². The number of aromatic nitrogens is 7. The molecule has 0 radical (unpaired) electrons. The van der Waals surface area contributed by atoms with Crippen LogP contribution in [-0.4, -0.2) is 53.7 Å². The van der Waals surface area contributed by atoms with Crippen molar-refractivity contribution in [1.82, 2.24) is 45.4 Å². The van der Waals surface area contributed by atoms with Crippen molar-refractivity contribution in [3.63, 3.8) is 0 Å². The number of rotatable bonds is 7. The van der Waals surface area contributed by atoms with Gasteiger partial charge >= 0.3 is 0 Å². The first-order valence-electron chi connectivity index (χ1n) is 12.0. The molecule has 4 aromatic rings. The van der Waals surface area contributed by atoms with E-state index in [0.29, 0.717) is 18.2 Å². The zero-order chi connectivity index (χ0) is 26.2. The molecule has 0 aliphatic carbocycles. The van der Waals surface area contributed by atoms with Gasteiger partial charge in [0.2, 0.25) is 5.95 Å². The molecule has 192 valence electrons. The summed E-state index contributed by atoms with van der Waals surface area (Å²) in [6.45, 7) is 9.92. The molecule has 1 amide bonds. The van der Waals surface area contributed by atoms with E-state index in [2.05, 4.69) is 41.3 Å². The third-order valence-corrected chi connectivity index (χ3v) is 6.20. The summed E-state index contributed by atoms with van der Waals surface area (Å²) in [5.74, 6) is -0.558. The SMILES string of the molecule is Cc1cc(-c2nc(Nc3cnn(C4CNC4)c3)ncc2F)ccc1CNC(=O)c1cn(C(C)(C)C)nn1. The Bertz CT molecular complexity index is 1430. The van der Waals surface area contributed by atoms with Gasteiger partial charge in [0.1, 0.15) is 5.69 Å². The Morgan fingerprint density at radius 3 is 2.70 bits per heavy atom. The summed E-state index contributed by atoms with van der Waals surface area (Å²) in [7, 11) is 0. The molecular weight excluding hydrogens is 475 g/mol. The van der Waals surface area contributed by atoms with Gasteiger partial charge in [-0.15, -0.1) is 5.10 Å². The minimum absolute atomic E-state index is 0.186. The van der Waals surface area contributed by atoms with E-state index in [9.17, 15) is 9.18 Å². The van der Waals surface area contributed by atoms with E-state index in [1.54, 1.807) is 23.1 Å². The zero-order valence-electron chi connectivity index (χ0n) is 21.2. The molecule has 12 heteroatoms. The van der Waals surface area contributed by atoms with Gasteiger partial charge in [-0.25, -0.2) is 19.0 Å². The predicted octanol–water partition coefficient (Wildman–Crippen LogP) is 2.95. The molecule has 37 heavy (non-hydrogen) atoms. The molecule has 1 aliphatic heterocycles. The van der Waals surface area contributed by atoms with Crippen molar-refractivity contribution in [2.24, 2.45) is 0 Å². The highest BCUT2D eigenvalue weighted by Crippen LogP contribution is 2.25. The van der Waals surface area contributed by atoms with Gasteiger partial charge in [-0.05, 0) is 44.9 Å². The average Bonchev–Trinajstić information content (AvgIpc) is 3.48. The third-order valence-electron chi connectivity index (χ3n) is 6.20. The molecule has 1 aromatic carbocycles. The summed E-state index contributed by atoms with van der Waals surface area (Å²) >= 11 is 0. The molecule has 1 fully saturated rings. The van der Waals surface area contributed by atoms with Crippen LogP contribution in [0.4, 0.5) is 16.0 Å². The molecule has 0 atom stereocenters. The normalized spacial score (nSPS) is 13.9. The Labute approximate surface area is 213 Å². The maximum absolute atomic E-state index is 14.7. The molecule has 0 unspecified atom stereocenters. The Morgan fingerprint density at radius 2 is 2.03 bits per heavy atom. The molecule has 3 N–H and O–H groups in total. The second-order valence-electron chi connectivity index (χ2n) is 10.1. The van der Waals surface area contributed by atoms with Crippen LogP contribution in [0.3, 0.4) is 0 Å². The number of halogens is 1. The van der Waals surface area contributed by atoms with Gasteiger partial charge in [-0.2, -0.15) is 5.10 Å². The van der Waals surface area contributed by atoms with Crippen LogP contribution in [-0.2, 0) is 12.1 Å². The highest BCUT2D eigenvalue weighted by Gasteiger charge is 2.20. The standard InChI is InChI=1S/C25H29FN10O/c1-15-7-16(5-6-17(15)8-28-23(37)21-14-36(34-33-21)25(2,3)4)22-20(26)12-29-24(32-22)31-18-9-30-35(13-18)19-10-27-11-19/h5-7,9,12-14,19,27H,8,10-11H2,1-4H3,(H,28,37)(H,29,31,32). The molecule has 1 saturated heterocycles. The number of anilines is 2. The van der Waals surface area contributed by atoms with Gasteiger partial charge in [-0.1, -0.05) is 17.3 Å². The topological polar surface area (TPSA) is 127 Å². The van der Waals surface area contributed by atoms with Crippen LogP contribution >= 0.6 is 0 Å². The fourth-order valence-corrected chi connectivity index (χ4v) is 3.82. The maximum Gasteiger partial charge on any atom is 0.273 e. The molecule has 1 aliphatic rings. The summed E-state index contributed by atoms with van der Waals surface area (Å²) in [4.78, 5) is 21.0. The van der Waals surface area contributed by atoms with E-state index in [4.69, 9.17) is 0 Å². The van der Waals surface area contributed by atoms with Gasteiger partial charge in [-0.3, -0.25) is 9.48 Å². The van der Waals surface area contributed by atoms with Crippen molar-refractivity contribution < 1.29 is 9.18 Å². The van der Waals surface area contributed by atoms with Gasteiger partial charge < -0.3 is 16.0 Å². The van der Waals surface area contributed by atoms with Gasteiger partial charge in [0.25, 0.3) is 5.91 Å². The minimum Gasteiger partial charge on any atom is -0.347 e. The first-order chi connectivity index (χ1) is 17.7. The lowest BCUT2D eigenvalue weighted by atomic mass is 10.0. The number of hydrogen-bond donors (Lipinski definition) is 3. The van der Waals surface area contributed by atoms with E-state index in [1.165, 1.54) is 0 Å². The lowest BCUT2D eigenvalue weighted by Crippen LogP contribution is -2.43. The van der Waals surface area contributed by atoms with Crippen LogP contribution in [0.15, 0.2) is 43.0 Å².